The Morgan fingerprint density at radius 2 is 2.10 bits per heavy atom. The van der Waals surface area contributed by atoms with Gasteiger partial charge in [-0.1, -0.05) is 11.6 Å². The standard InChI is InChI=1S/C8H11NO/c1-2-4-7-6-9-10-8(7)5-3-1/h6H,1-5H2. The summed E-state index contributed by atoms with van der Waals surface area (Å²) in [4.78, 5) is 0. The quantitative estimate of drug-likeness (QED) is 0.511. The summed E-state index contributed by atoms with van der Waals surface area (Å²) in [5.41, 5.74) is 1.33. The Morgan fingerprint density at radius 1 is 1.20 bits per heavy atom. The molecule has 10 heavy (non-hydrogen) atoms. The average molecular weight is 137 g/mol. The molecule has 2 rings (SSSR count). The van der Waals surface area contributed by atoms with Crippen LogP contribution < -0.4 is 0 Å². The van der Waals surface area contributed by atoms with Gasteiger partial charge in [-0.2, -0.15) is 0 Å². The fraction of sp³-hybridized carbons (Fsp3) is 0.625. The first-order chi connectivity index (χ1) is 4.97. The minimum Gasteiger partial charge on any atom is -0.361 e. The van der Waals surface area contributed by atoms with Crippen LogP contribution in [0.1, 0.15) is 30.6 Å². The Morgan fingerprint density at radius 3 is 3.10 bits per heavy atom. The van der Waals surface area contributed by atoms with E-state index in [4.69, 9.17) is 4.52 Å². The molecule has 0 fully saturated rings. The van der Waals surface area contributed by atoms with E-state index in [-0.39, 0.29) is 0 Å². The minimum atomic E-state index is 1.09. The van der Waals surface area contributed by atoms with Gasteiger partial charge in [-0.05, 0) is 19.3 Å². The maximum atomic E-state index is 5.09. The molecule has 1 aromatic rings. The van der Waals surface area contributed by atoms with E-state index in [0.717, 1.165) is 12.2 Å². The summed E-state index contributed by atoms with van der Waals surface area (Å²) < 4.78 is 5.09. The topological polar surface area (TPSA) is 26.0 Å². The first-order valence-corrected chi connectivity index (χ1v) is 3.89. The molecule has 0 saturated heterocycles. The molecule has 0 amide bonds. The van der Waals surface area contributed by atoms with Crippen LogP contribution >= 0.6 is 0 Å². The number of fused-ring (bicyclic) bond motifs is 1. The average Bonchev–Trinajstić information content (AvgIpc) is 2.28. The molecule has 2 nitrogen and oxygen atoms in total. The van der Waals surface area contributed by atoms with Gasteiger partial charge in [0.2, 0.25) is 0 Å². The Bertz CT molecular complexity index is 196. The van der Waals surface area contributed by atoms with Gasteiger partial charge >= 0.3 is 0 Å². The highest BCUT2D eigenvalue weighted by Crippen LogP contribution is 2.19. The number of rotatable bonds is 0. The number of aromatic nitrogens is 1. The molecule has 0 saturated carbocycles. The molecule has 2 heteroatoms. The first kappa shape index (κ1) is 5.96. The van der Waals surface area contributed by atoms with Gasteiger partial charge in [0.25, 0.3) is 0 Å². The summed E-state index contributed by atoms with van der Waals surface area (Å²) in [5.74, 6) is 1.12. The van der Waals surface area contributed by atoms with Crippen LogP contribution in [0.4, 0.5) is 0 Å². The zero-order valence-electron chi connectivity index (χ0n) is 5.97. The van der Waals surface area contributed by atoms with E-state index in [9.17, 15) is 0 Å². The van der Waals surface area contributed by atoms with E-state index in [1.54, 1.807) is 0 Å². The number of aryl methyl sites for hydroxylation is 2. The number of nitrogens with zero attached hydrogens (tertiary/aromatic N) is 1. The molecule has 0 atom stereocenters. The lowest BCUT2D eigenvalue weighted by Gasteiger charge is -1.88. The molecular formula is C8H11NO. The predicted octanol–water partition coefficient (Wildman–Crippen LogP) is 1.94. The van der Waals surface area contributed by atoms with E-state index in [1.165, 1.54) is 31.2 Å². The van der Waals surface area contributed by atoms with Crippen LogP contribution in [0, 0.1) is 0 Å². The fourth-order valence-electron chi connectivity index (χ4n) is 1.47. The highest BCUT2D eigenvalue weighted by Gasteiger charge is 2.10. The number of hydrogen-bond donors (Lipinski definition) is 0. The fourth-order valence-corrected chi connectivity index (χ4v) is 1.47. The lowest BCUT2D eigenvalue weighted by molar-refractivity contribution is 0.380. The molecule has 54 valence electrons. The van der Waals surface area contributed by atoms with E-state index in [2.05, 4.69) is 5.16 Å². The van der Waals surface area contributed by atoms with Crippen molar-refractivity contribution >= 4 is 0 Å². The van der Waals surface area contributed by atoms with Crippen molar-refractivity contribution in [2.45, 2.75) is 32.1 Å². The van der Waals surface area contributed by atoms with Crippen LogP contribution in [0.3, 0.4) is 0 Å². The molecule has 1 aliphatic rings. The van der Waals surface area contributed by atoms with Crippen molar-refractivity contribution in [3.05, 3.63) is 17.5 Å². The Hall–Kier alpha value is -0.790. The molecule has 0 aromatic carbocycles. The summed E-state index contributed by atoms with van der Waals surface area (Å²) in [6.45, 7) is 0. The highest BCUT2D eigenvalue weighted by atomic mass is 16.5. The summed E-state index contributed by atoms with van der Waals surface area (Å²) in [5, 5.41) is 3.77. The van der Waals surface area contributed by atoms with Gasteiger partial charge in [-0.25, -0.2) is 0 Å². The molecular weight excluding hydrogens is 126 g/mol. The van der Waals surface area contributed by atoms with Crippen molar-refractivity contribution in [1.82, 2.24) is 5.16 Å². The van der Waals surface area contributed by atoms with Gasteiger partial charge in [0.05, 0.1) is 6.20 Å². The zero-order valence-corrected chi connectivity index (χ0v) is 5.97. The van der Waals surface area contributed by atoms with E-state index in [1.807, 2.05) is 6.20 Å². The van der Waals surface area contributed by atoms with Gasteiger partial charge < -0.3 is 4.52 Å². The minimum absolute atomic E-state index is 1.09. The molecule has 1 aromatic heterocycles. The molecule has 0 unspecified atom stereocenters. The molecule has 0 aliphatic heterocycles. The van der Waals surface area contributed by atoms with Gasteiger partial charge in [0.15, 0.2) is 0 Å². The third kappa shape index (κ3) is 0.939. The third-order valence-corrected chi connectivity index (χ3v) is 2.08. The highest BCUT2D eigenvalue weighted by molar-refractivity contribution is 5.14. The second-order valence-electron chi connectivity index (χ2n) is 2.83. The van der Waals surface area contributed by atoms with Crippen LogP contribution in [0.2, 0.25) is 0 Å². The summed E-state index contributed by atoms with van der Waals surface area (Å²) in [6, 6.07) is 0. The predicted molar refractivity (Wildman–Crippen MR) is 37.8 cm³/mol. The van der Waals surface area contributed by atoms with Crippen molar-refractivity contribution in [1.29, 1.82) is 0 Å². The second kappa shape index (κ2) is 2.45. The van der Waals surface area contributed by atoms with Crippen molar-refractivity contribution in [2.24, 2.45) is 0 Å². The smallest absolute Gasteiger partial charge is 0.139 e. The van der Waals surface area contributed by atoms with Crippen LogP contribution in [-0.2, 0) is 12.8 Å². The SMILES string of the molecule is c1noc2c1CCCCC2. The van der Waals surface area contributed by atoms with Gasteiger partial charge in [-0.3, -0.25) is 0 Å². The first-order valence-electron chi connectivity index (χ1n) is 3.89. The van der Waals surface area contributed by atoms with Gasteiger partial charge in [0.1, 0.15) is 5.76 Å². The van der Waals surface area contributed by atoms with Crippen molar-refractivity contribution in [3.63, 3.8) is 0 Å². The van der Waals surface area contributed by atoms with Gasteiger partial charge in [-0.15, -0.1) is 0 Å². The van der Waals surface area contributed by atoms with Crippen molar-refractivity contribution in [3.8, 4) is 0 Å². The molecule has 0 radical (unpaired) electrons. The summed E-state index contributed by atoms with van der Waals surface area (Å²) >= 11 is 0. The van der Waals surface area contributed by atoms with E-state index < -0.39 is 0 Å². The lowest BCUT2D eigenvalue weighted by Crippen LogP contribution is -1.81. The maximum Gasteiger partial charge on any atom is 0.139 e. The van der Waals surface area contributed by atoms with E-state index in [0.29, 0.717) is 0 Å². The summed E-state index contributed by atoms with van der Waals surface area (Å²) in [6.07, 6.45) is 8.02. The maximum absolute atomic E-state index is 5.09. The Balaban J connectivity index is 2.28. The third-order valence-electron chi connectivity index (χ3n) is 2.08. The monoisotopic (exact) mass is 137 g/mol. The van der Waals surface area contributed by atoms with Crippen molar-refractivity contribution < 1.29 is 4.52 Å². The van der Waals surface area contributed by atoms with Crippen LogP contribution in [0.25, 0.3) is 0 Å². The Labute approximate surface area is 60.2 Å². The van der Waals surface area contributed by atoms with Gasteiger partial charge in [0, 0.05) is 12.0 Å². The van der Waals surface area contributed by atoms with Crippen LogP contribution in [0.15, 0.2) is 10.7 Å². The molecule has 0 spiro atoms. The summed E-state index contributed by atoms with van der Waals surface area (Å²) in [7, 11) is 0. The van der Waals surface area contributed by atoms with E-state index >= 15 is 0 Å². The van der Waals surface area contributed by atoms with Crippen LogP contribution in [-0.4, -0.2) is 5.16 Å². The van der Waals surface area contributed by atoms with Crippen molar-refractivity contribution in [2.75, 3.05) is 0 Å². The zero-order chi connectivity index (χ0) is 6.81. The normalized spacial score (nSPS) is 18.0. The van der Waals surface area contributed by atoms with Crippen LogP contribution in [0.5, 0.6) is 0 Å². The second-order valence-corrected chi connectivity index (χ2v) is 2.83. The molecule has 1 heterocycles. The molecule has 0 bridgehead atoms. The molecule has 0 N–H and O–H groups in total. The Kier molecular flexibility index (Phi) is 1.46. The largest absolute Gasteiger partial charge is 0.361 e. The molecule has 1 aliphatic carbocycles. The number of hydrogen-bond acceptors (Lipinski definition) is 2. The lowest BCUT2D eigenvalue weighted by atomic mass is 10.2.